The number of ketones is 2. The van der Waals surface area contributed by atoms with E-state index in [-0.39, 0.29) is 30.1 Å². The molecule has 0 radical (unpaired) electrons. The first kappa shape index (κ1) is 27.2. The van der Waals surface area contributed by atoms with Gasteiger partial charge in [-0.3, -0.25) is 19.1 Å². The standard InChI is InChI=1S/C29H37N5O5/c1-4-23(36)28-24-12-13-33(28)25(37)17-34-27-20(11-9-7-5-6-8-10-14-38-24)15-21(29-31-30-19(3)39-29)16-22(27)26(32-34)18(2)35/h15-16,24,28H,4-14,17H2,1-3H3/t24-,28-/m1/s1. The number of nitrogens with zero attached hydrogens (tertiary/aromatic N) is 5. The van der Waals surface area contributed by atoms with E-state index < -0.39 is 6.04 Å². The lowest BCUT2D eigenvalue weighted by Crippen LogP contribution is -2.47. The lowest BCUT2D eigenvalue weighted by Gasteiger charge is -2.27. The average Bonchev–Trinajstić information content (AvgIpc) is 3.63. The third-order valence-electron chi connectivity index (χ3n) is 7.83. The Bertz CT molecular complexity index is 1380. The van der Waals surface area contributed by atoms with Gasteiger partial charge in [0, 0.05) is 44.4 Å². The number of rotatable bonds is 4. The van der Waals surface area contributed by atoms with Gasteiger partial charge in [-0.2, -0.15) is 5.10 Å². The molecule has 2 atom stereocenters. The van der Waals surface area contributed by atoms with Crippen LogP contribution in [0.15, 0.2) is 16.5 Å². The fourth-order valence-electron chi connectivity index (χ4n) is 5.89. The molecule has 0 aliphatic carbocycles. The Morgan fingerprint density at radius 3 is 2.56 bits per heavy atom. The molecule has 0 unspecified atom stereocenters. The smallest absolute Gasteiger partial charge is 0.247 e. The van der Waals surface area contributed by atoms with Gasteiger partial charge in [0.15, 0.2) is 11.6 Å². The highest BCUT2D eigenvalue weighted by Crippen LogP contribution is 2.32. The number of benzene rings is 1. The molecular weight excluding hydrogens is 498 g/mol. The topological polar surface area (TPSA) is 120 Å². The predicted octanol–water partition coefficient (Wildman–Crippen LogP) is 4.46. The molecule has 0 spiro atoms. The van der Waals surface area contributed by atoms with Gasteiger partial charge in [-0.15, -0.1) is 10.2 Å². The lowest BCUT2D eigenvalue weighted by atomic mass is 9.98. The van der Waals surface area contributed by atoms with Gasteiger partial charge in [0.25, 0.3) is 0 Å². The highest BCUT2D eigenvalue weighted by Gasteiger charge is 2.41. The predicted molar refractivity (Wildman–Crippen MR) is 144 cm³/mol. The molecule has 2 aromatic heterocycles. The summed E-state index contributed by atoms with van der Waals surface area (Å²) in [7, 11) is 0. The molecule has 0 N–H and O–H groups in total. The number of aryl methyl sites for hydroxylation is 2. The molecule has 4 heterocycles. The number of hydrogen-bond donors (Lipinski definition) is 0. The van der Waals surface area contributed by atoms with Crippen LogP contribution in [0, 0.1) is 6.92 Å². The zero-order valence-electron chi connectivity index (χ0n) is 23.1. The minimum absolute atomic E-state index is 0.0127. The van der Waals surface area contributed by atoms with Gasteiger partial charge in [0.05, 0.1) is 11.6 Å². The van der Waals surface area contributed by atoms with E-state index in [2.05, 4.69) is 15.3 Å². The fourth-order valence-corrected chi connectivity index (χ4v) is 5.89. The zero-order chi connectivity index (χ0) is 27.5. The molecule has 10 nitrogen and oxygen atoms in total. The van der Waals surface area contributed by atoms with E-state index in [4.69, 9.17) is 9.15 Å². The maximum Gasteiger partial charge on any atom is 0.247 e. The Morgan fingerprint density at radius 2 is 1.85 bits per heavy atom. The molecule has 2 aliphatic rings. The number of carbonyl (C=O) groups is 3. The highest BCUT2D eigenvalue weighted by molar-refractivity contribution is 6.06. The van der Waals surface area contributed by atoms with Crippen LogP contribution in [-0.2, 0) is 27.3 Å². The van der Waals surface area contributed by atoms with Crippen molar-refractivity contribution >= 4 is 28.4 Å². The van der Waals surface area contributed by atoms with Crippen LogP contribution in [0.1, 0.15) is 87.2 Å². The highest BCUT2D eigenvalue weighted by atomic mass is 16.5. The van der Waals surface area contributed by atoms with Crippen molar-refractivity contribution in [2.75, 3.05) is 13.2 Å². The summed E-state index contributed by atoms with van der Waals surface area (Å²) in [5, 5.41) is 13.5. The number of ether oxygens (including phenoxy) is 1. The Morgan fingerprint density at radius 1 is 1.08 bits per heavy atom. The third-order valence-corrected chi connectivity index (χ3v) is 7.83. The minimum Gasteiger partial charge on any atom is -0.421 e. The SMILES string of the molecule is CCC(=O)[C@@H]1[C@H]2CCN1C(=O)Cn1nc(C(C)=O)c3cc(-c4nnc(C)o4)cc(c31)CCCCCCCCO2. The average molecular weight is 536 g/mol. The largest absolute Gasteiger partial charge is 0.421 e. The summed E-state index contributed by atoms with van der Waals surface area (Å²) in [6, 6.07) is 3.28. The van der Waals surface area contributed by atoms with Crippen molar-refractivity contribution in [2.45, 2.75) is 97.2 Å². The molecule has 1 fully saturated rings. The van der Waals surface area contributed by atoms with Crippen molar-refractivity contribution in [1.82, 2.24) is 24.9 Å². The fraction of sp³-hybridized carbons (Fsp3) is 0.586. The van der Waals surface area contributed by atoms with E-state index in [1.54, 1.807) is 16.5 Å². The molecule has 2 aliphatic heterocycles. The Labute approximate surface area is 228 Å². The monoisotopic (exact) mass is 535 g/mol. The molecule has 0 saturated carbocycles. The summed E-state index contributed by atoms with van der Waals surface area (Å²) in [5.74, 6) is 0.474. The molecule has 2 bridgehead atoms. The number of carbonyl (C=O) groups excluding carboxylic acids is 3. The van der Waals surface area contributed by atoms with E-state index >= 15 is 0 Å². The summed E-state index contributed by atoms with van der Waals surface area (Å²) in [6.45, 7) is 6.05. The number of amides is 1. The maximum absolute atomic E-state index is 13.7. The molecule has 1 aromatic carbocycles. The van der Waals surface area contributed by atoms with Crippen LogP contribution in [0.5, 0.6) is 0 Å². The van der Waals surface area contributed by atoms with Gasteiger partial charge in [-0.05, 0) is 43.4 Å². The van der Waals surface area contributed by atoms with Gasteiger partial charge >= 0.3 is 0 Å². The van der Waals surface area contributed by atoms with Crippen LogP contribution in [-0.4, -0.2) is 67.6 Å². The summed E-state index contributed by atoms with van der Waals surface area (Å²) < 4.78 is 13.5. The molecule has 1 amide bonds. The van der Waals surface area contributed by atoms with Crippen LogP contribution in [0.25, 0.3) is 22.4 Å². The number of hydrogen-bond acceptors (Lipinski definition) is 8. The van der Waals surface area contributed by atoms with Crippen LogP contribution in [0.4, 0.5) is 0 Å². The van der Waals surface area contributed by atoms with Crippen molar-refractivity contribution in [3.05, 3.63) is 29.3 Å². The normalized spacial score (nSPS) is 21.3. The van der Waals surface area contributed by atoms with Crippen molar-refractivity contribution in [3.63, 3.8) is 0 Å². The van der Waals surface area contributed by atoms with Gasteiger partial charge in [0.2, 0.25) is 17.7 Å². The minimum atomic E-state index is -0.584. The molecule has 39 heavy (non-hydrogen) atoms. The van der Waals surface area contributed by atoms with Crippen LogP contribution in [0.2, 0.25) is 0 Å². The Kier molecular flexibility index (Phi) is 8.20. The summed E-state index contributed by atoms with van der Waals surface area (Å²) in [4.78, 5) is 41.0. The van der Waals surface area contributed by atoms with Crippen LogP contribution in [0.3, 0.4) is 0 Å². The summed E-state index contributed by atoms with van der Waals surface area (Å²) >= 11 is 0. The van der Waals surface area contributed by atoms with Gasteiger partial charge < -0.3 is 14.1 Å². The Balaban J connectivity index is 1.59. The van der Waals surface area contributed by atoms with Crippen molar-refractivity contribution in [2.24, 2.45) is 0 Å². The second-order valence-corrected chi connectivity index (χ2v) is 10.6. The Hall–Kier alpha value is -3.40. The number of aromatic nitrogens is 4. The van der Waals surface area contributed by atoms with Crippen LogP contribution >= 0.6 is 0 Å². The summed E-state index contributed by atoms with van der Waals surface area (Å²) in [6.07, 6.45) is 7.77. The molecule has 208 valence electrons. The molecule has 1 saturated heterocycles. The second-order valence-electron chi connectivity index (χ2n) is 10.6. The van der Waals surface area contributed by atoms with Crippen molar-refractivity contribution in [3.8, 4) is 11.5 Å². The zero-order valence-corrected chi connectivity index (χ0v) is 23.1. The van der Waals surface area contributed by atoms with Gasteiger partial charge in [-0.1, -0.05) is 32.6 Å². The lowest BCUT2D eigenvalue weighted by molar-refractivity contribution is -0.141. The quantitative estimate of drug-likeness (QED) is 0.449. The maximum atomic E-state index is 13.7. The molecule has 5 rings (SSSR count). The van der Waals surface area contributed by atoms with E-state index in [0.29, 0.717) is 48.9 Å². The molecular formula is C29H37N5O5. The van der Waals surface area contributed by atoms with Crippen LogP contribution < -0.4 is 0 Å². The first-order chi connectivity index (χ1) is 18.9. The number of Topliss-reactive ketones (excluding diaryl/α,β-unsaturated/α-hetero) is 2. The van der Waals surface area contributed by atoms with E-state index in [1.165, 1.54) is 6.92 Å². The first-order valence-electron chi connectivity index (χ1n) is 14.2. The van der Waals surface area contributed by atoms with Gasteiger partial charge in [-0.25, -0.2) is 0 Å². The third kappa shape index (κ3) is 5.66. The first-order valence-corrected chi connectivity index (χ1v) is 14.2. The summed E-state index contributed by atoms with van der Waals surface area (Å²) in [5.41, 5.74) is 2.78. The van der Waals surface area contributed by atoms with Gasteiger partial charge in [0.1, 0.15) is 18.3 Å². The molecule has 3 aromatic rings. The second kappa shape index (κ2) is 11.8. The van der Waals surface area contributed by atoms with E-state index in [0.717, 1.165) is 61.6 Å². The number of fused-ring (bicyclic) bond motifs is 2. The van der Waals surface area contributed by atoms with E-state index in [1.807, 2.05) is 19.1 Å². The molecule has 10 heteroatoms. The van der Waals surface area contributed by atoms with E-state index in [9.17, 15) is 14.4 Å². The van der Waals surface area contributed by atoms with Crippen molar-refractivity contribution in [1.29, 1.82) is 0 Å². The van der Waals surface area contributed by atoms with Crippen molar-refractivity contribution < 1.29 is 23.5 Å².